The van der Waals surface area contributed by atoms with Crippen LogP contribution in [0.25, 0.3) is 0 Å². The van der Waals surface area contributed by atoms with E-state index in [4.69, 9.17) is 4.74 Å². The minimum Gasteiger partial charge on any atom is -0.380 e. The topological polar surface area (TPSA) is 45.7 Å². The predicted octanol–water partition coefficient (Wildman–Crippen LogP) is 2.58. The fourth-order valence-electron chi connectivity index (χ4n) is 4.45. The molecule has 1 unspecified atom stereocenters. The number of pyridine rings is 1. The normalized spacial score (nSPS) is 26.3. The summed E-state index contributed by atoms with van der Waals surface area (Å²) in [7, 11) is 2.26. The highest BCUT2D eigenvalue weighted by Gasteiger charge is 2.46. The van der Waals surface area contributed by atoms with E-state index in [0.717, 1.165) is 50.6 Å². The number of aromatic nitrogens is 1. The van der Waals surface area contributed by atoms with Gasteiger partial charge in [0.2, 0.25) is 0 Å². The molecule has 0 bridgehead atoms. The standard InChI is InChI=1S/C20H29N3O2/c1-22-18(15-25-14-16-2-3-16)4-7-20(22)8-12-23(13-9-20)19(24)17-5-10-21-11-6-17/h5-6,10-11,16,18H,2-4,7-9,12-15H2,1H3. The third-order valence-electron chi connectivity index (χ3n) is 6.51. The van der Waals surface area contributed by atoms with Gasteiger partial charge in [-0.25, -0.2) is 0 Å². The number of hydrogen-bond donors (Lipinski definition) is 0. The van der Waals surface area contributed by atoms with E-state index in [-0.39, 0.29) is 11.4 Å². The van der Waals surface area contributed by atoms with E-state index in [9.17, 15) is 4.79 Å². The van der Waals surface area contributed by atoms with Gasteiger partial charge in [-0.05, 0) is 63.6 Å². The van der Waals surface area contributed by atoms with Gasteiger partial charge in [-0.15, -0.1) is 0 Å². The predicted molar refractivity (Wildman–Crippen MR) is 96.4 cm³/mol. The molecule has 0 N–H and O–H groups in total. The fraction of sp³-hybridized carbons (Fsp3) is 0.700. The first-order chi connectivity index (χ1) is 12.2. The second kappa shape index (κ2) is 7.04. The number of carbonyl (C=O) groups excluding carboxylic acids is 1. The first-order valence-corrected chi connectivity index (χ1v) is 9.68. The van der Waals surface area contributed by atoms with Crippen LogP contribution in [0.5, 0.6) is 0 Å². The Bertz CT molecular complexity index is 594. The molecule has 1 amide bonds. The highest BCUT2D eigenvalue weighted by molar-refractivity contribution is 5.94. The Morgan fingerprint density at radius 3 is 2.56 bits per heavy atom. The van der Waals surface area contributed by atoms with Crippen LogP contribution in [-0.2, 0) is 4.74 Å². The summed E-state index contributed by atoms with van der Waals surface area (Å²) >= 11 is 0. The first-order valence-electron chi connectivity index (χ1n) is 9.68. The smallest absolute Gasteiger partial charge is 0.253 e. The first kappa shape index (κ1) is 17.0. The van der Waals surface area contributed by atoms with Crippen LogP contribution in [0.3, 0.4) is 0 Å². The largest absolute Gasteiger partial charge is 0.380 e. The lowest BCUT2D eigenvalue weighted by Crippen LogP contribution is -2.54. The van der Waals surface area contributed by atoms with Gasteiger partial charge in [0, 0.05) is 49.2 Å². The zero-order valence-electron chi connectivity index (χ0n) is 15.2. The molecule has 0 radical (unpaired) electrons. The maximum absolute atomic E-state index is 12.6. The minimum absolute atomic E-state index is 0.141. The number of hydrogen-bond acceptors (Lipinski definition) is 4. The Labute approximate surface area is 150 Å². The van der Waals surface area contributed by atoms with Crippen molar-refractivity contribution in [3.05, 3.63) is 30.1 Å². The third-order valence-corrected chi connectivity index (χ3v) is 6.51. The Hall–Kier alpha value is -1.46. The van der Waals surface area contributed by atoms with E-state index >= 15 is 0 Å². The van der Waals surface area contributed by atoms with Crippen LogP contribution in [-0.4, -0.2) is 65.6 Å². The van der Waals surface area contributed by atoms with Gasteiger partial charge in [0.05, 0.1) is 6.61 Å². The number of piperidine rings is 1. The summed E-state index contributed by atoms with van der Waals surface area (Å²) in [5.41, 5.74) is 1.01. The van der Waals surface area contributed by atoms with E-state index in [1.54, 1.807) is 12.4 Å². The van der Waals surface area contributed by atoms with Gasteiger partial charge in [-0.1, -0.05) is 0 Å². The van der Waals surface area contributed by atoms with Crippen LogP contribution >= 0.6 is 0 Å². The molecular formula is C20H29N3O2. The molecule has 2 aliphatic heterocycles. The zero-order valence-corrected chi connectivity index (χ0v) is 15.2. The Morgan fingerprint density at radius 2 is 1.88 bits per heavy atom. The van der Waals surface area contributed by atoms with Crippen LogP contribution in [0.4, 0.5) is 0 Å². The summed E-state index contributed by atoms with van der Waals surface area (Å²) in [5, 5.41) is 0. The van der Waals surface area contributed by atoms with Crippen molar-refractivity contribution < 1.29 is 9.53 Å². The SMILES string of the molecule is CN1C(COCC2CC2)CCC12CCN(C(=O)c1ccncc1)CC2. The van der Waals surface area contributed by atoms with Crippen LogP contribution < -0.4 is 0 Å². The van der Waals surface area contributed by atoms with Crippen LogP contribution in [0.2, 0.25) is 0 Å². The maximum Gasteiger partial charge on any atom is 0.253 e. The monoisotopic (exact) mass is 343 g/mol. The fourth-order valence-corrected chi connectivity index (χ4v) is 4.45. The third kappa shape index (κ3) is 3.58. The molecule has 3 aliphatic rings. The van der Waals surface area contributed by atoms with E-state index in [1.165, 1.54) is 25.7 Å². The maximum atomic E-state index is 12.6. The summed E-state index contributed by atoms with van der Waals surface area (Å²) in [6.07, 6.45) is 10.7. The molecule has 1 aromatic heterocycles. The van der Waals surface area contributed by atoms with Gasteiger partial charge in [0.25, 0.3) is 5.91 Å². The van der Waals surface area contributed by atoms with Gasteiger partial charge in [-0.2, -0.15) is 0 Å². The Morgan fingerprint density at radius 1 is 1.16 bits per heavy atom. The summed E-state index contributed by atoms with van der Waals surface area (Å²) < 4.78 is 5.95. The van der Waals surface area contributed by atoms with E-state index in [2.05, 4.69) is 16.9 Å². The molecule has 1 saturated carbocycles. The van der Waals surface area contributed by atoms with Crippen molar-refractivity contribution in [3.8, 4) is 0 Å². The van der Waals surface area contributed by atoms with E-state index < -0.39 is 0 Å². The summed E-state index contributed by atoms with van der Waals surface area (Å²) in [4.78, 5) is 21.2. The number of amides is 1. The van der Waals surface area contributed by atoms with Crippen molar-refractivity contribution in [1.29, 1.82) is 0 Å². The number of likely N-dealkylation sites (N-methyl/N-ethyl adjacent to an activating group) is 1. The zero-order chi connectivity index (χ0) is 17.3. The second-order valence-electron chi connectivity index (χ2n) is 8.04. The lowest BCUT2D eigenvalue weighted by Gasteiger charge is -2.45. The molecule has 3 heterocycles. The lowest BCUT2D eigenvalue weighted by atomic mass is 9.85. The van der Waals surface area contributed by atoms with Gasteiger partial charge >= 0.3 is 0 Å². The Kier molecular flexibility index (Phi) is 4.78. The molecule has 0 aromatic carbocycles. The molecule has 5 heteroatoms. The number of rotatable bonds is 5. The molecule has 136 valence electrons. The molecule has 1 aromatic rings. The molecule has 25 heavy (non-hydrogen) atoms. The molecular weight excluding hydrogens is 314 g/mol. The molecule has 3 fully saturated rings. The summed E-state index contributed by atoms with van der Waals surface area (Å²) in [6, 6.07) is 4.16. The summed E-state index contributed by atoms with van der Waals surface area (Å²) in [6.45, 7) is 3.52. The van der Waals surface area contributed by atoms with Gasteiger partial charge in [-0.3, -0.25) is 14.7 Å². The van der Waals surface area contributed by atoms with Crippen molar-refractivity contribution in [2.75, 3.05) is 33.4 Å². The van der Waals surface area contributed by atoms with Crippen molar-refractivity contribution in [1.82, 2.24) is 14.8 Å². The highest BCUT2D eigenvalue weighted by atomic mass is 16.5. The molecule has 5 nitrogen and oxygen atoms in total. The van der Waals surface area contributed by atoms with Crippen molar-refractivity contribution >= 4 is 5.91 Å². The van der Waals surface area contributed by atoms with E-state index in [0.29, 0.717) is 6.04 Å². The van der Waals surface area contributed by atoms with Crippen LogP contribution in [0, 0.1) is 5.92 Å². The molecule has 1 atom stereocenters. The van der Waals surface area contributed by atoms with Crippen LogP contribution in [0.15, 0.2) is 24.5 Å². The summed E-state index contributed by atoms with van der Waals surface area (Å²) in [5.74, 6) is 0.977. The highest BCUT2D eigenvalue weighted by Crippen LogP contribution is 2.41. The average Bonchev–Trinajstić information content (AvgIpc) is 3.44. The van der Waals surface area contributed by atoms with Gasteiger partial charge < -0.3 is 9.64 Å². The Balaban J connectivity index is 1.30. The quantitative estimate of drug-likeness (QED) is 0.824. The average molecular weight is 343 g/mol. The minimum atomic E-state index is 0.141. The number of ether oxygens (including phenoxy) is 1. The van der Waals surface area contributed by atoms with Crippen molar-refractivity contribution in [2.45, 2.75) is 50.1 Å². The van der Waals surface area contributed by atoms with E-state index in [1.807, 2.05) is 17.0 Å². The molecule has 4 rings (SSSR count). The molecule has 1 spiro atoms. The molecule has 1 aliphatic carbocycles. The second-order valence-corrected chi connectivity index (χ2v) is 8.04. The van der Waals surface area contributed by atoms with Gasteiger partial charge in [0.1, 0.15) is 0 Å². The van der Waals surface area contributed by atoms with Crippen molar-refractivity contribution in [3.63, 3.8) is 0 Å². The lowest BCUT2D eigenvalue weighted by molar-refractivity contribution is 0.0172. The van der Waals surface area contributed by atoms with Gasteiger partial charge in [0.15, 0.2) is 0 Å². The van der Waals surface area contributed by atoms with Crippen molar-refractivity contribution in [2.24, 2.45) is 5.92 Å². The van der Waals surface area contributed by atoms with Crippen LogP contribution in [0.1, 0.15) is 48.9 Å². The number of likely N-dealkylation sites (tertiary alicyclic amines) is 2. The molecule has 2 saturated heterocycles. The number of nitrogens with zero attached hydrogens (tertiary/aromatic N) is 3. The number of carbonyl (C=O) groups is 1.